The lowest BCUT2D eigenvalue weighted by Gasteiger charge is -2.10. The van der Waals surface area contributed by atoms with Crippen molar-refractivity contribution in [1.29, 1.82) is 0 Å². The Morgan fingerprint density at radius 1 is 1.33 bits per heavy atom. The van der Waals surface area contributed by atoms with Gasteiger partial charge in [-0.1, -0.05) is 32.1 Å². The lowest BCUT2D eigenvalue weighted by Crippen LogP contribution is -2.35. The van der Waals surface area contributed by atoms with E-state index in [9.17, 15) is 9.59 Å². The van der Waals surface area contributed by atoms with E-state index in [4.69, 9.17) is 0 Å². The number of rotatable bonds is 4. The van der Waals surface area contributed by atoms with Crippen LogP contribution in [-0.2, 0) is 13.5 Å². The monoisotopic (exact) mass is 331 g/mol. The summed E-state index contributed by atoms with van der Waals surface area (Å²) in [6.07, 6.45) is 10.1. The summed E-state index contributed by atoms with van der Waals surface area (Å²) in [5.41, 5.74) is 0.586. The molecule has 0 spiro atoms. The van der Waals surface area contributed by atoms with Crippen molar-refractivity contribution in [2.24, 2.45) is 13.0 Å². The predicted molar refractivity (Wildman–Crippen MR) is 92.1 cm³/mol. The number of fused-ring (bicyclic) bond motifs is 1. The highest BCUT2D eigenvalue weighted by Gasteiger charge is 2.20. The molecule has 0 bridgehead atoms. The Morgan fingerprint density at radius 3 is 2.71 bits per heavy atom. The molecule has 1 aliphatic carbocycles. The molecule has 1 saturated carbocycles. The van der Waals surface area contributed by atoms with Crippen LogP contribution < -0.4 is 5.69 Å². The highest BCUT2D eigenvalue weighted by Crippen LogP contribution is 2.28. The van der Waals surface area contributed by atoms with Gasteiger partial charge in [-0.3, -0.25) is 4.57 Å². The molecule has 0 saturated heterocycles. The molecule has 0 aliphatic heterocycles. The maximum absolute atomic E-state index is 12.3. The Bertz CT molecular complexity index is 799. The molecule has 0 radical (unpaired) electrons. The molecular weight excluding hydrogens is 306 g/mol. The SMILES string of the molecule is CN(C)C(=O)n1c(=O)n(C)c2cnc(CCCC3CCCC3)nc21. The molecule has 0 unspecified atom stereocenters. The van der Waals surface area contributed by atoms with Crippen molar-refractivity contribution in [1.82, 2.24) is 24.0 Å². The van der Waals surface area contributed by atoms with E-state index in [0.29, 0.717) is 17.0 Å². The summed E-state index contributed by atoms with van der Waals surface area (Å²) in [7, 11) is 4.88. The minimum absolute atomic E-state index is 0.388. The van der Waals surface area contributed by atoms with Crippen molar-refractivity contribution in [2.45, 2.75) is 44.9 Å². The first-order valence-electron chi connectivity index (χ1n) is 8.64. The number of hydrogen-bond donors (Lipinski definition) is 0. The maximum atomic E-state index is 12.3. The molecule has 1 fully saturated rings. The molecule has 0 atom stereocenters. The first-order chi connectivity index (χ1) is 11.5. The third-order valence-electron chi connectivity index (χ3n) is 4.91. The molecule has 2 aromatic rings. The number of nitrogens with zero attached hydrogens (tertiary/aromatic N) is 5. The molecule has 24 heavy (non-hydrogen) atoms. The number of imidazole rings is 1. The van der Waals surface area contributed by atoms with Crippen LogP contribution >= 0.6 is 0 Å². The van der Waals surface area contributed by atoms with Gasteiger partial charge < -0.3 is 4.90 Å². The van der Waals surface area contributed by atoms with Gasteiger partial charge in [0.25, 0.3) is 0 Å². The molecule has 0 aromatic carbocycles. The predicted octanol–water partition coefficient (Wildman–Crippen LogP) is 2.17. The van der Waals surface area contributed by atoms with Crippen molar-refractivity contribution in [3.05, 3.63) is 22.5 Å². The van der Waals surface area contributed by atoms with Crippen LogP contribution in [0, 0.1) is 5.92 Å². The second kappa shape index (κ2) is 6.75. The quantitative estimate of drug-likeness (QED) is 0.861. The van der Waals surface area contributed by atoms with Crippen molar-refractivity contribution < 1.29 is 4.79 Å². The summed E-state index contributed by atoms with van der Waals surface area (Å²) >= 11 is 0. The fraction of sp³-hybridized carbons (Fsp3) is 0.647. The highest BCUT2D eigenvalue weighted by atomic mass is 16.2. The lowest BCUT2D eigenvalue weighted by molar-refractivity contribution is 0.219. The average Bonchev–Trinajstić information content (AvgIpc) is 3.15. The standard InChI is InChI=1S/C17H25N5O2/c1-20(2)16(23)22-15-13(21(3)17(22)24)11-18-14(19-15)10-6-9-12-7-4-5-8-12/h11-12H,4-10H2,1-3H3. The van der Waals surface area contributed by atoms with Crippen molar-refractivity contribution >= 4 is 17.2 Å². The Balaban J connectivity index is 1.84. The normalized spacial score (nSPS) is 15.3. The van der Waals surface area contributed by atoms with Gasteiger partial charge in [-0.05, 0) is 12.3 Å². The molecule has 1 aliphatic rings. The molecule has 7 heteroatoms. The van der Waals surface area contributed by atoms with Gasteiger partial charge in [0.2, 0.25) is 0 Å². The third-order valence-corrected chi connectivity index (χ3v) is 4.91. The highest BCUT2D eigenvalue weighted by molar-refractivity contribution is 5.86. The molecule has 1 amide bonds. The van der Waals surface area contributed by atoms with E-state index in [0.717, 1.165) is 23.3 Å². The summed E-state index contributed by atoms with van der Waals surface area (Å²) in [5, 5.41) is 0. The van der Waals surface area contributed by atoms with Crippen molar-refractivity contribution in [2.75, 3.05) is 14.1 Å². The van der Waals surface area contributed by atoms with E-state index >= 15 is 0 Å². The molecular formula is C17H25N5O2. The number of aryl methyl sites for hydroxylation is 2. The molecule has 2 heterocycles. The fourth-order valence-corrected chi connectivity index (χ4v) is 3.49. The summed E-state index contributed by atoms with van der Waals surface area (Å²) in [6.45, 7) is 0. The van der Waals surface area contributed by atoms with E-state index in [1.54, 1.807) is 27.3 Å². The van der Waals surface area contributed by atoms with E-state index < -0.39 is 0 Å². The first kappa shape index (κ1) is 16.7. The van der Waals surface area contributed by atoms with Gasteiger partial charge in [0.05, 0.1) is 6.20 Å². The van der Waals surface area contributed by atoms with Crippen LogP contribution in [0.3, 0.4) is 0 Å². The summed E-state index contributed by atoms with van der Waals surface area (Å²) in [5.74, 6) is 1.55. The second-order valence-corrected chi connectivity index (χ2v) is 6.89. The van der Waals surface area contributed by atoms with Crippen LogP contribution in [-0.4, -0.2) is 44.1 Å². The molecule has 2 aromatic heterocycles. The van der Waals surface area contributed by atoms with Gasteiger partial charge in [-0.15, -0.1) is 0 Å². The van der Waals surface area contributed by atoms with Gasteiger partial charge in [-0.2, -0.15) is 4.57 Å². The third kappa shape index (κ3) is 3.07. The molecule has 130 valence electrons. The Morgan fingerprint density at radius 2 is 2.04 bits per heavy atom. The Kier molecular flexibility index (Phi) is 4.69. The van der Waals surface area contributed by atoms with E-state index in [1.807, 2.05) is 0 Å². The van der Waals surface area contributed by atoms with Crippen LogP contribution in [0.2, 0.25) is 0 Å². The summed E-state index contributed by atoms with van der Waals surface area (Å²) < 4.78 is 2.54. The van der Waals surface area contributed by atoms with Gasteiger partial charge in [-0.25, -0.2) is 19.6 Å². The van der Waals surface area contributed by atoms with Crippen LogP contribution in [0.15, 0.2) is 11.0 Å². The Labute approximate surface area is 141 Å². The van der Waals surface area contributed by atoms with Gasteiger partial charge in [0, 0.05) is 27.6 Å². The number of hydrogen-bond acceptors (Lipinski definition) is 4. The number of carbonyl (C=O) groups excluding carboxylic acids is 1. The zero-order valence-corrected chi connectivity index (χ0v) is 14.7. The van der Waals surface area contributed by atoms with E-state index in [-0.39, 0.29) is 11.7 Å². The number of carbonyl (C=O) groups is 1. The molecule has 7 nitrogen and oxygen atoms in total. The van der Waals surface area contributed by atoms with Crippen molar-refractivity contribution in [3.8, 4) is 0 Å². The lowest BCUT2D eigenvalue weighted by atomic mass is 10.0. The zero-order valence-electron chi connectivity index (χ0n) is 14.7. The smallest absolute Gasteiger partial charge is 0.330 e. The topological polar surface area (TPSA) is 73.0 Å². The van der Waals surface area contributed by atoms with E-state index in [2.05, 4.69) is 9.97 Å². The Hall–Kier alpha value is -2.18. The van der Waals surface area contributed by atoms with Crippen LogP contribution in [0.1, 0.15) is 44.3 Å². The van der Waals surface area contributed by atoms with Crippen LogP contribution in [0.25, 0.3) is 11.2 Å². The fourth-order valence-electron chi connectivity index (χ4n) is 3.49. The summed E-state index contributed by atoms with van der Waals surface area (Å²) in [4.78, 5) is 34.9. The molecule has 3 rings (SSSR count). The largest absolute Gasteiger partial charge is 0.338 e. The minimum atomic E-state index is -0.388. The van der Waals surface area contributed by atoms with E-state index in [1.165, 1.54) is 41.6 Å². The second-order valence-electron chi connectivity index (χ2n) is 6.89. The number of aromatic nitrogens is 4. The van der Waals surface area contributed by atoms with Gasteiger partial charge in [0.15, 0.2) is 5.65 Å². The van der Waals surface area contributed by atoms with Gasteiger partial charge in [0.1, 0.15) is 11.3 Å². The minimum Gasteiger partial charge on any atom is -0.330 e. The maximum Gasteiger partial charge on any atom is 0.338 e. The summed E-state index contributed by atoms with van der Waals surface area (Å²) in [6, 6.07) is -0.388. The van der Waals surface area contributed by atoms with Crippen LogP contribution in [0.4, 0.5) is 4.79 Å². The first-order valence-corrected chi connectivity index (χ1v) is 8.64. The van der Waals surface area contributed by atoms with Crippen LogP contribution in [0.5, 0.6) is 0 Å². The van der Waals surface area contributed by atoms with Crippen molar-refractivity contribution in [3.63, 3.8) is 0 Å². The van der Waals surface area contributed by atoms with Gasteiger partial charge >= 0.3 is 11.7 Å². The molecule has 0 N–H and O–H groups in total. The average molecular weight is 331 g/mol. The number of amides is 1. The zero-order chi connectivity index (χ0) is 17.3.